The van der Waals surface area contributed by atoms with Crippen molar-refractivity contribution in [1.29, 1.82) is 5.26 Å². The minimum Gasteiger partial charge on any atom is -0.496 e. The highest BCUT2D eigenvalue weighted by Gasteiger charge is 2.14. The number of benzene rings is 1. The number of ether oxygens (including phenoxy) is 2. The summed E-state index contributed by atoms with van der Waals surface area (Å²) in [6, 6.07) is 7.52. The van der Waals surface area contributed by atoms with Crippen molar-refractivity contribution in [3.05, 3.63) is 29.3 Å². The molecule has 1 unspecified atom stereocenters. The molecule has 4 nitrogen and oxygen atoms in total. The van der Waals surface area contributed by atoms with E-state index in [0.717, 1.165) is 31.0 Å². The molecule has 18 heavy (non-hydrogen) atoms. The van der Waals surface area contributed by atoms with Gasteiger partial charge in [-0.2, -0.15) is 5.26 Å². The Kier molecular flexibility index (Phi) is 4.57. The number of hydrogen-bond donors (Lipinski definition) is 1. The molecule has 0 amide bonds. The van der Waals surface area contributed by atoms with E-state index >= 15 is 0 Å². The van der Waals surface area contributed by atoms with E-state index in [0.29, 0.717) is 18.1 Å². The highest BCUT2D eigenvalue weighted by Crippen LogP contribution is 2.21. The van der Waals surface area contributed by atoms with Crippen LogP contribution in [0.3, 0.4) is 0 Å². The minimum absolute atomic E-state index is 0.495. The first kappa shape index (κ1) is 12.9. The number of nitrogens with one attached hydrogen (secondary N) is 1. The van der Waals surface area contributed by atoms with Gasteiger partial charge in [-0.3, -0.25) is 0 Å². The van der Waals surface area contributed by atoms with E-state index in [4.69, 9.17) is 14.7 Å². The lowest BCUT2D eigenvalue weighted by Gasteiger charge is -2.12. The summed E-state index contributed by atoms with van der Waals surface area (Å²) in [4.78, 5) is 0. The molecule has 1 saturated heterocycles. The van der Waals surface area contributed by atoms with Crippen LogP contribution in [-0.4, -0.2) is 26.8 Å². The molecule has 0 aliphatic carbocycles. The number of hydrogen-bond acceptors (Lipinski definition) is 4. The van der Waals surface area contributed by atoms with Crippen molar-refractivity contribution in [2.75, 3.05) is 26.8 Å². The van der Waals surface area contributed by atoms with Crippen LogP contribution in [0.1, 0.15) is 17.5 Å². The maximum Gasteiger partial charge on any atom is 0.124 e. The summed E-state index contributed by atoms with van der Waals surface area (Å²) in [5, 5.41) is 12.2. The van der Waals surface area contributed by atoms with Crippen molar-refractivity contribution in [2.24, 2.45) is 5.92 Å². The van der Waals surface area contributed by atoms with Crippen LogP contribution in [0.5, 0.6) is 5.75 Å². The second-order valence-electron chi connectivity index (χ2n) is 4.51. The SMILES string of the molecule is COc1ccc(C#N)cc1COCC1CCNC1. The first-order valence-corrected chi connectivity index (χ1v) is 6.19. The molecule has 1 heterocycles. The largest absolute Gasteiger partial charge is 0.496 e. The lowest BCUT2D eigenvalue weighted by Crippen LogP contribution is -2.13. The molecule has 1 aliphatic rings. The van der Waals surface area contributed by atoms with Crippen LogP contribution in [-0.2, 0) is 11.3 Å². The smallest absolute Gasteiger partial charge is 0.124 e. The minimum atomic E-state index is 0.495. The highest BCUT2D eigenvalue weighted by molar-refractivity contribution is 5.41. The molecule has 1 fully saturated rings. The number of methoxy groups -OCH3 is 1. The fourth-order valence-corrected chi connectivity index (χ4v) is 2.15. The molecule has 0 aromatic heterocycles. The summed E-state index contributed by atoms with van der Waals surface area (Å²) in [5.74, 6) is 1.38. The van der Waals surface area contributed by atoms with Crippen LogP contribution in [0.4, 0.5) is 0 Å². The molecule has 1 aromatic rings. The predicted molar refractivity (Wildman–Crippen MR) is 68.3 cm³/mol. The average molecular weight is 246 g/mol. The Morgan fingerprint density at radius 3 is 3.06 bits per heavy atom. The van der Waals surface area contributed by atoms with E-state index in [-0.39, 0.29) is 0 Å². The van der Waals surface area contributed by atoms with E-state index in [9.17, 15) is 0 Å². The van der Waals surface area contributed by atoms with Gasteiger partial charge in [0, 0.05) is 12.1 Å². The number of nitrogens with zero attached hydrogens (tertiary/aromatic N) is 1. The van der Waals surface area contributed by atoms with Crippen molar-refractivity contribution in [1.82, 2.24) is 5.32 Å². The molecule has 1 atom stereocenters. The number of nitriles is 1. The Balaban J connectivity index is 1.92. The van der Waals surface area contributed by atoms with Crippen molar-refractivity contribution in [2.45, 2.75) is 13.0 Å². The van der Waals surface area contributed by atoms with E-state index in [1.165, 1.54) is 6.42 Å². The van der Waals surface area contributed by atoms with Crippen molar-refractivity contribution in [3.63, 3.8) is 0 Å². The van der Waals surface area contributed by atoms with Gasteiger partial charge in [-0.25, -0.2) is 0 Å². The molecule has 2 rings (SSSR count). The lowest BCUT2D eigenvalue weighted by molar-refractivity contribution is 0.0910. The van der Waals surface area contributed by atoms with Crippen molar-refractivity contribution in [3.8, 4) is 11.8 Å². The Morgan fingerprint density at radius 1 is 1.50 bits per heavy atom. The first-order valence-electron chi connectivity index (χ1n) is 6.19. The van der Waals surface area contributed by atoms with Crippen LogP contribution >= 0.6 is 0 Å². The fraction of sp³-hybridized carbons (Fsp3) is 0.500. The van der Waals surface area contributed by atoms with Crippen molar-refractivity contribution >= 4 is 0 Å². The van der Waals surface area contributed by atoms with Gasteiger partial charge in [0.15, 0.2) is 0 Å². The average Bonchev–Trinajstić information content (AvgIpc) is 2.92. The van der Waals surface area contributed by atoms with Crippen LogP contribution in [0.2, 0.25) is 0 Å². The standard InChI is InChI=1S/C14H18N2O2/c1-17-14-3-2-11(7-15)6-13(14)10-18-9-12-4-5-16-8-12/h2-3,6,12,16H,4-5,8-10H2,1H3. The molecule has 0 spiro atoms. The van der Waals surface area contributed by atoms with Gasteiger partial charge in [0.05, 0.1) is 32.0 Å². The molecule has 1 aliphatic heterocycles. The van der Waals surface area contributed by atoms with Gasteiger partial charge in [0.1, 0.15) is 5.75 Å². The van der Waals surface area contributed by atoms with E-state index in [2.05, 4.69) is 11.4 Å². The summed E-state index contributed by atoms with van der Waals surface area (Å²) in [6.07, 6.45) is 1.18. The van der Waals surface area contributed by atoms with Gasteiger partial charge in [-0.15, -0.1) is 0 Å². The van der Waals surface area contributed by atoms with Gasteiger partial charge < -0.3 is 14.8 Å². The molecule has 0 bridgehead atoms. The van der Waals surface area contributed by atoms with Crippen LogP contribution < -0.4 is 10.1 Å². The van der Waals surface area contributed by atoms with E-state index in [1.54, 1.807) is 13.2 Å². The third kappa shape index (κ3) is 3.22. The van der Waals surface area contributed by atoms with Crippen LogP contribution in [0, 0.1) is 17.2 Å². The van der Waals surface area contributed by atoms with Crippen LogP contribution in [0.15, 0.2) is 18.2 Å². The topological polar surface area (TPSA) is 54.3 Å². The van der Waals surface area contributed by atoms with Crippen LogP contribution in [0.25, 0.3) is 0 Å². The molecule has 1 aromatic carbocycles. The summed E-state index contributed by atoms with van der Waals surface area (Å²) in [7, 11) is 1.63. The maximum atomic E-state index is 8.88. The summed E-state index contributed by atoms with van der Waals surface area (Å²) in [6.45, 7) is 3.37. The lowest BCUT2D eigenvalue weighted by atomic mass is 10.1. The number of rotatable bonds is 5. The van der Waals surface area contributed by atoms with Gasteiger partial charge in [-0.05, 0) is 37.1 Å². The second-order valence-corrected chi connectivity index (χ2v) is 4.51. The van der Waals surface area contributed by atoms with Crippen molar-refractivity contribution < 1.29 is 9.47 Å². The Morgan fingerprint density at radius 2 is 2.39 bits per heavy atom. The van der Waals surface area contributed by atoms with E-state index in [1.807, 2.05) is 12.1 Å². The first-order chi connectivity index (χ1) is 8.83. The molecular formula is C14H18N2O2. The highest BCUT2D eigenvalue weighted by atomic mass is 16.5. The molecule has 4 heteroatoms. The van der Waals surface area contributed by atoms with Gasteiger partial charge in [-0.1, -0.05) is 0 Å². The third-order valence-corrected chi connectivity index (χ3v) is 3.18. The zero-order chi connectivity index (χ0) is 12.8. The summed E-state index contributed by atoms with van der Waals surface area (Å²) in [5.41, 5.74) is 1.57. The van der Waals surface area contributed by atoms with Gasteiger partial charge in [0.2, 0.25) is 0 Å². The fourth-order valence-electron chi connectivity index (χ4n) is 2.15. The summed E-state index contributed by atoms with van der Waals surface area (Å²) < 4.78 is 11.0. The third-order valence-electron chi connectivity index (χ3n) is 3.18. The zero-order valence-electron chi connectivity index (χ0n) is 10.6. The normalized spacial score (nSPS) is 18.6. The zero-order valence-corrected chi connectivity index (χ0v) is 10.6. The Hall–Kier alpha value is -1.57. The molecular weight excluding hydrogens is 228 g/mol. The second kappa shape index (κ2) is 6.39. The molecule has 0 saturated carbocycles. The van der Waals surface area contributed by atoms with Gasteiger partial charge >= 0.3 is 0 Å². The monoisotopic (exact) mass is 246 g/mol. The molecule has 0 radical (unpaired) electrons. The maximum absolute atomic E-state index is 8.88. The Bertz CT molecular complexity index is 434. The summed E-state index contributed by atoms with van der Waals surface area (Å²) >= 11 is 0. The molecule has 1 N–H and O–H groups in total. The quantitative estimate of drug-likeness (QED) is 0.859. The predicted octanol–water partition coefficient (Wildman–Crippen LogP) is 1.69. The van der Waals surface area contributed by atoms with E-state index < -0.39 is 0 Å². The van der Waals surface area contributed by atoms with Gasteiger partial charge in [0.25, 0.3) is 0 Å². The molecule has 96 valence electrons. The Labute approximate surface area is 108 Å².